The minimum absolute atomic E-state index is 0.00591. The Kier molecular flexibility index (Phi) is 11.9. The SMILES string of the molecule is [2H][C@@]12CC(O)C3C4CC[C@H]([C@H](C)CC[C@@H](OS(=O)(=O)O)C(C)C)[C@@]4(C)CCC3[C@@]1(C)CC[C@H](NCCCNCCCCN)C2. The van der Waals surface area contributed by atoms with Gasteiger partial charge in [0.2, 0.25) is 0 Å². The molecule has 0 aromatic rings. The van der Waals surface area contributed by atoms with E-state index < -0.39 is 28.5 Å². The molecule has 11 atom stereocenters. The third-order valence-electron chi connectivity index (χ3n) is 12.8. The summed E-state index contributed by atoms with van der Waals surface area (Å²) in [6, 6.07) is 0.353. The summed E-state index contributed by atoms with van der Waals surface area (Å²) in [6.45, 7) is 14.8. The van der Waals surface area contributed by atoms with Gasteiger partial charge < -0.3 is 21.5 Å². The Hall–Kier alpha value is -0.290. The number of nitrogens with one attached hydrogen (secondary N) is 2. The van der Waals surface area contributed by atoms with Crippen molar-refractivity contribution in [2.75, 3.05) is 26.2 Å². The molecule has 0 saturated heterocycles. The highest BCUT2D eigenvalue weighted by Crippen LogP contribution is 2.68. The molecule has 8 nitrogen and oxygen atoms in total. The van der Waals surface area contributed by atoms with Crippen molar-refractivity contribution in [2.24, 2.45) is 58.0 Å². The molecule has 0 radical (unpaired) electrons. The number of nitrogens with two attached hydrogens (primary N) is 1. The first-order valence-corrected chi connectivity index (χ1v) is 19.0. The van der Waals surface area contributed by atoms with E-state index in [4.69, 9.17) is 9.92 Å². The number of aliphatic hydroxyl groups is 1. The first-order chi connectivity index (χ1) is 20.6. The lowest BCUT2D eigenvalue weighted by molar-refractivity contribution is -0.167. The van der Waals surface area contributed by atoms with Crippen LogP contribution in [-0.4, -0.2) is 62.5 Å². The summed E-state index contributed by atoms with van der Waals surface area (Å²) in [6.07, 6.45) is 11.9. The number of hydrogen-bond donors (Lipinski definition) is 5. The molecule has 9 heteroatoms. The summed E-state index contributed by atoms with van der Waals surface area (Å²) in [5.41, 5.74) is 5.66. The monoisotopic (exact) mass is 628 g/mol. The summed E-state index contributed by atoms with van der Waals surface area (Å²) in [5, 5.41) is 19.1. The highest BCUT2D eigenvalue weighted by atomic mass is 32.3. The maximum atomic E-state index is 11.8. The second kappa shape index (κ2) is 15.1. The Balaban J connectivity index is 1.35. The average molecular weight is 629 g/mol. The van der Waals surface area contributed by atoms with E-state index in [0.29, 0.717) is 42.6 Å². The highest BCUT2D eigenvalue weighted by Gasteiger charge is 2.62. The van der Waals surface area contributed by atoms with Gasteiger partial charge >= 0.3 is 10.4 Å². The van der Waals surface area contributed by atoms with Crippen LogP contribution < -0.4 is 16.4 Å². The summed E-state index contributed by atoms with van der Waals surface area (Å²) >= 11 is 0. The quantitative estimate of drug-likeness (QED) is 0.111. The normalized spacial score (nSPS) is 41.3. The van der Waals surface area contributed by atoms with Crippen LogP contribution in [0.15, 0.2) is 0 Å². The molecule has 4 aliphatic carbocycles. The van der Waals surface area contributed by atoms with Gasteiger partial charge in [-0.25, -0.2) is 4.18 Å². The molecule has 0 aromatic heterocycles. The lowest BCUT2D eigenvalue weighted by Crippen LogP contribution is -2.59. The number of rotatable bonds is 16. The molecular weight excluding hydrogens is 562 g/mol. The first kappa shape index (κ1) is 34.1. The molecule has 4 rings (SSSR count). The van der Waals surface area contributed by atoms with E-state index in [-0.39, 0.29) is 22.7 Å². The average Bonchev–Trinajstić information content (AvgIpc) is 3.29. The molecule has 252 valence electrons. The molecule has 4 unspecified atom stereocenters. The summed E-state index contributed by atoms with van der Waals surface area (Å²) in [5.74, 6) is 1.44. The molecule has 43 heavy (non-hydrogen) atoms. The largest absolute Gasteiger partial charge is 0.397 e. The van der Waals surface area contributed by atoms with Gasteiger partial charge in [-0.05, 0) is 162 Å². The number of hydrogen-bond acceptors (Lipinski definition) is 7. The van der Waals surface area contributed by atoms with Gasteiger partial charge in [0.1, 0.15) is 0 Å². The maximum absolute atomic E-state index is 11.8. The van der Waals surface area contributed by atoms with Crippen LogP contribution in [0.1, 0.15) is 119 Å². The predicted molar refractivity (Wildman–Crippen MR) is 174 cm³/mol. The molecule has 6 N–H and O–H groups in total. The van der Waals surface area contributed by atoms with E-state index in [9.17, 15) is 19.4 Å². The lowest BCUT2D eigenvalue weighted by atomic mass is 9.43. The Morgan fingerprint density at radius 2 is 1.65 bits per heavy atom. The molecule has 0 aliphatic heterocycles. The van der Waals surface area contributed by atoms with Gasteiger partial charge in [0, 0.05) is 7.41 Å². The molecule has 4 fully saturated rings. The molecular formula is C34H65N3O5S. The number of aliphatic hydroxyl groups excluding tert-OH is 1. The Bertz CT molecular complexity index is 1030. The first-order valence-electron chi connectivity index (χ1n) is 18.1. The summed E-state index contributed by atoms with van der Waals surface area (Å²) < 4.78 is 46.9. The van der Waals surface area contributed by atoms with Crippen molar-refractivity contribution in [3.05, 3.63) is 0 Å². The lowest BCUT2D eigenvalue weighted by Gasteiger charge is -2.62. The zero-order valence-electron chi connectivity index (χ0n) is 28.8. The van der Waals surface area contributed by atoms with Gasteiger partial charge in [-0.3, -0.25) is 4.55 Å². The van der Waals surface area contributed by atoms with Crippen molar-refractivity contribution < 1.29 is 23.6 Å². The van der Waals surface area contributed by atoms with E-state index in [2.05, 4.69) is 31.4 Å². The maximum Gasteiger partial charge on any atom is 0.397 e. The third-order valence-corrected chi connectivity index (χ3v) is 13.3. The summed E-state index contributed by atoms with van der Waals surface area (Å²) in [4.78, 5) is 0. The van der Waals surface area contributed by atoms with Crippen LogP contribution >= 0.6 is 0 Å². The van der Waals surface area contributed by atoms with Crippen LogP contribution in [-0.2, 0) is 14.6 Å². The fraction of sp³-hybridized carbons (Fsp3) is 1.00. The minimum atomic E-state index is -4.47. The molecule has 0 aromatic carbocycles. The molecule has 0 spiro atoms. The van der Waals surface area contributed by atoms with Gasteiger partial charge in [-0.15, -0.1) is 0 Å². The second-order valence-corrected chi connectivity index (χ2v) is 16.7. The predicted octanol–water partition coefficient (Wildman–Crippen LogP) is 5.55. The zero-order chi connectivity index (χ0) is 32.3. The van der Waals surface area contributed by atoms with E-state index in [1.165, 1.54) is 0 Å². The molecule has 0 bridgehead atoms. The standard InChI is InChI=1S/C34H65N3O5S/c1-23(2)31(42-43(39,40)41)12-9-24(3)27-10-11-28-32-29(14-16-34(27,28)5)33(4)15-13-26(21-25(33)22-30(32)38)37-20-8-19-36-18-7-6-17-35/h23-32,36-38H,6-22,35H2,1-5H3,(H,39,40,41)/t24-,25-,26+,27-,28?,29?,30?,31-,32?,33+,34-/m1/s1/i25D. The van der Waals surface area contributed by atoms with Crippen molar-refractivity contribution in [1.82, 2.24) is 10.6 Å². The van der Waals surface area contributed by atoms with Gasteiger partial charge in [0.25, 0.3) is 0 Å². The van der Waals surface area contributed by atoms with Crippen LogP contribution in [0.25, 0.3) is 0 Å². The Morgan fingerprint density at radius 3 is 2.35 bits per heavy atom. The molecule has 0 amide bonds. The van der Waals surface area contributed by atoms with Crippen molar-refractivity contribution in [3.63, 3.8) is 0 Å². The van der Waals surface area contributed by atoms with Crippen molar-refractivity contribution in [2.45, 2.75) is 136 Å². The molecule has 4 saturated carbocycles. The van der Waals surface area contributed by atoms with E-state index in [1.807, 2.05) is 13.8 Å². The van der Waals surface area contributed by atoms with Gasteiger partial charge in [0.15, 0.2) is 0 Å². The highest BCUT2D eigenvalue weighted by molar-refractivity contribution is 7.80. The van der Waals surface area contributed by atoms with Gasteiger partial charge in [-0.2, -0.15) is 8.42 Å². The fourth-order valence-electron chi connectivity index (χ4n) is 10.4. The van der Waals surface area contributed by atoms with Crippen molar-refractivity contribution >= 4 is 10.4 Å². The molecule has 0 heterocycles. The molecule has 4 aliphatic rings. The van der Waals surface area contributed by atoms with Crippen molar-refractivity contribution in [1.29, 1.82) is 0 Å². The number of unbranched alkanes of at least 4 members (excludes halogenated alkanes) is 1. The summed E-state index contributed by atoms with van der Waals surface area (Å²) in [7, 11) is -4.47. The third kappa shape index (κ3) is 8.36. The van der Waals surface area contributed by atoms with Crippen LogP contribution in [0.5, 0.6) is 0 Å². The van der Waals surface area contributed by atoms with Crippen LogP contribution in [0.2, 0.25) is 0 Å². The van der Waals surface area contributed by atoms with E-state index in [0.717, 1.165) is 96.8 Å². The Morgan fingerprint density at radius 1 is 0.953 bits per heavy atom. The second-order valence-electron chi connectivity index (χ2n) is 15.7. The van der Waals surface area contributed by atoms with Crippen LogP contribution in [0, 0.1) is 52.2 Å². The van der Waals surface area contributed by atoms with E-state index in [1.54, 1.807) is 0 Å². The van der Waals surface area contributed by atoms with Gasteiger partial charge in [-0.1, -0.05) is 34.6 Å². The smallest absolute Gasteiger partial charge is 0.393 e. The zero-order valence-corrected chi connectivity index (χ0v) is 28.6. The number of fused-ring (bicyclic) bond motifs is 5. The van der Waals surface area contributed by atoms with Gasteiger partial charge in [0.05, 0.1) is 12.2 Å². The topological polar surface area (TPSA) is 134 Å². The fourth-order valence-corrected chi connectivity index (χ4v) is 11.0. The van der Waals surface area contributed by atoms with Crippen LogP contribution in [0.4, 0.5) is 0 Å². The minimum Gasteiger partial charge on any atom is -0.393 e. The van der Waals surface area contributed by atoms with E-state index >= 15 is 0 Å². The van der Waals surface area contributed by atoms with Crippen LogP contribution in [0.3, 0.4) is 0 Å². The Labute approximate surface area is 264 Å². The van der Waals surface area contributed by atoms with Crippen molar-refractivity contribution in [3.8, 4) is 0 Å².